The molecule has 0 amide bonds. The normalized spacial score (nSPS) is 7.79. The fourth-order valence-corrected chi connectivity index (χ4v) is 0.429. The molecule has 0 aliphatic heterocycles. The molecule has 0 saturated carbocycles. The molecule has 9 heteroatoms. The summed E-state index contributed by atoms with van der Waals surface area (Å²) in [4.78, 5) is 8.36. The number of nitrogens with zero attached hydrogens (tertiary/aromatic N) is 1. The van der Waals surface area contributed by atoms with Crippen molar-refractivity contribution in [2.24, 2.45) is 5.73 Å². The molecule has 9 nitrogen and oxygen atoms in total. The first-order valence-electron chi connectivity index (χ1n) is 3.66. The van der Waals surface area contributed by atoms with E-state index in [1.54, 1.807) is 0 Å². The van der Waals surface area contributed by atoms with E-state index in [1.807, 2.05) is 6.92 Å². The van der Waals surface area contributed by atoms with Gasteiger partial charge in [0.2, 0.25) is 0 Å². The van der Waals surface area contributed by atoms with Gasteiger partial charge in [0.05, 0.1) is 0 Å². The first kappa shape index (κ1) is 14.5. The van der Waals surface area contributed by atoms with E-state index in [9.17, 15) is 0 Å². The van der Waals surface area contributed by atoms with Crippen LogP contribution in [0.2, 0.25) is 0 Å². The van der Waals surface area contributed by atoms with Gasteiger partial charge in [-0.05, 0) is 6.42 Å². The summed E-state index contributed by atoms with van der Waals surface area (Å²) >= 11 is 0. The second-order valence-electron chi connectivity index (χ2n) is 2.08. The highest BCUT2D eigenvalue weighted by molar-refractivity contribution is 5.94. The molecular formula is C5H14N6O3. The molecule has 0 rings (SSSR count). The zero-order valence-corrected chi connectivity index (χ0v) is 7.70. The molecule has 0 unspecified atom stereocenters. The Hall–Kier alpha value is -2.06. The SMILES string of the molecule is CCCNC(=N)NC(=N)N.O=[N+]([O-])O. The highest BCUT2D eigenvalue weighted by atomic mass is 16.9. The van der Waals surface area contributed by atoms with E-state index in [1.165, 1.54) is 0 Å². The van der Waals surface area contributed by atoms with Gasteiger partial charge in [-0.15, -0.1) is 10.1 Å². The lowest BCUT2D eigenvalue weighted by Gasteiger charge is -2.06. The Bertz CT molecular complexity index is 202. The van der Waals surface area contributed by atoms with Crippen LogP contribution in [0.5, 0.6) is 0 Å². The van der Waals surface area contributed by atoms with Crippen molar-refractivity contribution in [3.63, 3.8) is 0 Å². The van der Waals surface area contributed by atoms with E-state index < -0.39 is 5.09 Å². The summed E-state index contributed by atoms with van der Waals surface area (Å²) in [5.74, 6) is -0.136. The van der Waals surface area contributed by atoms with E-state index in [2.05, 4.69) is 10.6 Å². The Morgan fingerprint density at radius 2 is 2.07 bits per heavy atom. The lowest BCUT2D eigenvalue weighted by molar-refractivity contribution is -0.742. The Balaban J connectivity index is 0. The lowest BCUT2D eigenvalue weighted by Crippen LogP contribution is -2.43. The molecule has 0 aliphatic rings. The van der Waals surface area contributed by atoms with E-state index >= 15 is 0 Å². The van der Waals surface area contributed by atoms with Gasteiger partial charge in [-0.25, -0.2) is 0 Å². The predicted molar refractivity (Wildman–Crippen MR) is 49.9 cm³/mol. The summed E-state index contributed by atoms with van der Waals surface area (Å²) in [5, 5.41) is 32.5. The molecule has 0 aromatic rings. The van der Waals surface area contributed by atoms with Crippen molar-refractivity contribution in [2.45, 2.75) is 13.3 Å². The van der Waals surface area contributed by atoms with E-state index in [0.717, 1.165) is 13.0 Å². The van der Waals surface area contributed by atoms with Crippen LogP contribution in [0.25, 0.3) is 0 Å². The predicted octanol–water partition coefficient (Wildman–Crippen LogP) is -0.944. The number of nitrogens with two attached hydrogens (primary N) is 1. The number of guanidine groups is 2. The summed E-state index contributed by atoms with van der Waals surface area (Å²) in [6, 6.07) is 0. The van der Waals surface area contributed by atoms with Gasteiger partial charge >= 0.3 is 0 Å². The molecule has 0 spiro atoms. The summed E-state index contributed by atoms with van der Waals surface area (Å²) in [5.41, 5.74) is 4.96. The van der Waals surface area contributed by atoms with Gasteiger partial charge < -0.3 is 16.3 Å². The fourth-order valence-electron chi connectivity index (χ4n) is 0.429. The molecular weight excluding hydrogens is 192 g/mol. The molecule has 0 aromatic carbocycles. The van der Waals surface area contributed by atoms with E-state index in [4.69, 9.17) is 31.9 Å². The van der Waals surface area contributed by atoms with Crippen LogP contribution in [0.1, 0.15) is 13.3 Å². The number of rotatable bonds is 2. The maximum atomic E-state index is 8.36. The second-order valence-corrected chi connectivity index (χ2v) is 2.08. The van der Waals surface area contributed by atoms with Crippen molar-refractivity contribution in [2.75, 3.05) is 6.54 Å². The van der Waals surface area contributed by atoms with Gasteiger partial charge in [0.25, 0.3) is 5.09 Å². The van der Waals surface area contributed by atoms with E-state index in [-0.39, 0.29) is 11.9 Å². The van der Waals surface area contributed by atoms with Crippen LogP contribution in [0.3, 0.4) is 0 Å². The highest BCUT2D eigenvalue weighted by Crippen LogP contribution is 1.67. The minimum atomic E-state index is -1.50. The summed E-state index contributed by atoms with van der Waals surface area (Å²) in [6.07, 6.45) is 0.946. The first-order chi connectivity index (χ1) is 6.40. The molecule has 0 saturated heterocycles. The fraction of sp³-hybridized carbons (Fsp3) is 0.600. The van der Waals surface area contributed by atoms with Crippen molar-refractivity contribution in [3.05, 3.63) is 10.1 Å². The third kappa shape index (κ3) is 22.5. The van der Waals surface area contributed by atoms with Crippen LogP contribution >= 0.6 is 0 Å². The largest absolute Gasteiger partial charge is 0.370 e. The average molecular weight is 206 g/mol. The van der Waals surface area contributed by atoms with Gasteiger partial charge in [-0.1, -0.05) is 6.92 Å². The van der Waals surface area contributed by atoms with Gasteiger partial charge in [-0.3, -0.25) is 16.1 Å². The molecule has 0 atom stereocenters. The maximum absolute atomic E-state index is 8.36. The van der Waals surface area contributed by atoms with Crippen LogP contribution in [0.15, 0.2) is 0 Å². The molecule has 0 radical (unpaired) electrons. The zero-order chi connectivity index (χ0) is 11.6. The molecule has 0 heterocycles. The van der Waals surface area contributed by atoms with Crippen LogP contribution < -0.4 is 16.4 Å². The molecule has 0 bridgehead atoms. The quantitative estimate of drug-likeness (QED) is 0.148. The molecule has 82 valence electrons. The number of hydrogen-bond acceptors (Lipinski definition) is 4. The van der Waals surface area contributed by atoms with Crippen LogP contribution in [-0.2, 0) is 0 Å². The Morgan fingerprint density at radius 3 is 2.36 bits per heavy atom. The van der Waals surface area contributed by atoms with E-state index in [0.29, 0.717) is 0 Å². The number of nitrogens with one attached hydrogen (secondary N) is 4. The van der Waals surface area contributed by atoms with Gasteiger partial charge in [-0.2, -0.15) is 0 Å². The second kappa shape index (κ2) is 9.03. The first-order valence-corrected chi connectivity index (χ1v) is 3.66. The van der Waals surface area contributed by atoms with Crippen molar-refractivity contribution in [3.8, 4) is 0 Å². The minimum Gasteiger partial charge on any atom is -0.370 e. The Morgan fingerprint density at radius 1 is 1.64 bits per heavy atom. The van der Waals surface area contributed by atoms with Crippen LogP contribution in [0, 0.1) is 20.9 Å². The van der Waals surface area contributed by atoms with Gasteiger partial charge in [0, 0.05) is 6.54 Å². The molecule has 0 aliphatic carbocycles. The monoisotopic (exact) mass is 206 g/mol. The summed E-state index contributed by atoms with van der Waals surface area (Å²) in [7, 11) is 0. The summed E-state index contributed by atoms with van der Waals surface area (Å²) in [6.45, 7) is 2.72. The van der Waals surface area contributed by atoms with Crippen molar-refractivity contribution in [1.82, 2.24) is 10.6 Å². The van der Waals surface area contributed by atoms with Gasteiger partial charge in [0.15, 0.2) is 11.9 Å². The van der Waals surface area contributed by atoms with Gasteiger partial charge in [0.1, 0.15) is 0 Å². The smallest absolute Gasteiger partial charge is 0.291 e. The average Bonchev–Trinajstić information content (AvgIpc) is 1.98. The molecule has 0 fully saturated rings. The minimum absolute atomic E-state index is 0.0781. The van der Waals surface area contributed by atoms with Crippen molar-refractivity contribution < 1.29 is 10.3 Å². The Labute approximate surface area is 80.4 Å². The number of hydrogen-bond donors (Lipinski definition) is 6. The Kier molecular flexibility index (Phi) is 9.33. The maximum Gasteiger partial charge on any atom is 0.291 e. The summed E-state index contributed by atoms with van der Waals surface area (Å²) < 4.78 is 0. The van der Waals surface area contributed by atoms with Crippen LogP contribution in [0.4, 0.5) is 0 Å². The highest BCUT2D eigenvalue weighted by Gasteiger charge is 1.92. The topological polar surface area (TPSA) is 161 Å². The standard InChI is InChI=1S/C5H13N5.HNO3/c1-2-3-9-5(8)10-4(6)7;2-1(3)4/h2-3H2,1H3,(H6,6,7,8,9,10);(H,2,3,4). The van der Waals surface area contributed by atoms with Crippen LogP contribution in [-0.4, -0.2) is 28.8 Å². The lowest BCUT2D eigenvalue weighted by atomic mass is 10.5. The third-order valence-corrected chi connectivity index (χ3v) is 0.811. The molecule has 0 aromatic heterocycles. The molecule has 7 N–H and O–H groups in total. The third-order valence-electron chi connectivity index (χ3n) is 0.811. The molecule has 14 heavy (non-hydrogen) atoms. The van der Waals surface area contributed by atoms with Crippen molar-refractivity contribution >= 4 is 11.9 Å². The van der Waals surface area contributed by atoms with Crippen molar-refractivity contribution in [1.29, 1.82) is 10.8 Å². The zero-order valence-electron chi connectivity index (χ0n) is 7.70.